The van der Waals surface area contributed by atoms with E-state index in [2.05, 4.69) is 99.7 Å². The van der Waals surface area contributed by atoms with E-state index in [1.165, 1.54) is 31.4 Å². The van der Waals surface area contributed by atoms with E-state index in [1.807, 2.05) is 12.1 Å². The molecular weight excluding hydrogens is 1750 g/mol. The van der Waals surface area contributed by atoms with Crippen molar-refractivity contribution < 1.29 is 72.2 Å². The molecule has 10 rings (SSSR count). The van der Waals surface area contributed by atoms with Crippen LogP contribution in [0.25, 0.3) is 21.8 Å². The molecule has 14 amide bonds. The Labute approximate surface area is 776 Å². The maximum Gasteiger partial charge on any atom is 0.246 e. The van der Waals surface area contributed by atoms with Gasteiger partial charge in [0.05, 0.1) is 18.1 Å². The molecule has 3 aliphatic heterocycles. The number of rotatable bonds is 25. The number of carbonyl (C=O) groups is 14. The Kier molecular flexibility index (Phi) is 37.7. The molecule has 4 aromatic carbocycles. The second kappa shape index (κ2) is 49.5. The largest absolute Gasteiger partial charge is 0.391 e. The lowest BCUT2D eigenvalue weighted by Gasteiger charge is -2.34. The fraction of sp³-hybridized carbons (Fsp3) is 0.461. The minimum atomic E-state index is -2.02. The minimum Gasteiger partial charge on any atom is -0.391 e. The van der Waals surface area contributed by atoms with Crippen LogP contribution in [0.2, 0.25) is 0 Å². The highest BCUT2D eigenvalue weighted by Crippen LogP contribution is 2.28. The van der Waals surface area contributed by atoms with Crippen molar-refractivity contribution >= 4 is 144 Å². The third-order valence-electron chi connectivity index (χ3n) is 23.4. The Bertz CT molecular complexity index is 5260. The topological polar surface area (TPSA) is 656 Å². The van der Waals surface area contributed by atoms with Crippen LogP contribution >= 0.6 is 21.6 Å². The van der Waals surface area contributed by atoms with Crippen LogP contribution in [0.3, 0.4) is 0 Å². The van der Waals surface area contributed by atoms with E-state index in [4.69, 9.17) is 33.4 Å². The smallest absolute Gasteiger partial charge is 0.246 e. The first-order valence-corrected chi connectivity index (χ1v) is 46.8. The second-order valence-electron chi connectivity index (χ2n) is 33.3. The Balaban J connectivity index is 1.10. The predicted molar refractivity (Wildman–Crippen MR) is 500 cm³/mol. The van der Waals surface area contributed by atoms with E-state index < -0.39 is 215 Å². The van der Waals surface area contributed by atoms with Crippen LogP contribution < -0.4 is 97.0 Å². The highest BCUT2D eigenvalue weighted by molar-refractivity contribution is 8.76. The number of benzene rings is 4. The third-order valence-corrected chi connectivity index (χ3v) is 25.9. The van der Waals surface area contributed by atoms with Crippen molar-refractivity contribution in [2.75, 3.05) is 44.7 Å². The van der Waals surface area contributed by atoms with Crippen molar-refractivity contribution in [2.24, 2.45) is 23.1 Å². The number of hydrogen-bond acceptors (Lipinski definition) is 21. The lowest BCUT2D eigenvalue weighted by molar-refractivity contribution is -0.145. The normalized spacial score (nSPS) is 24.4. The summed E-state index contributed by atoms with van der Waals surface area (Å²) in [5.41, 5.74) is 20.8. The van der Waals surface area contributed by atoms with Gasteiger partial charge in [-0.3, -0.25) is 83.4 Å². The summed E-state index contributed by atoms with van der Waals surface area (Å²) in [4.78, 5) is 232. The number of amides is 14. The Morgan fingerprint density at radius 3 is 1.41 bits per heavy atom. The number of aromatic nitrogens is 4. The average molecular weight is 1870 g/mol. The number of imidazole rings is 1. The number of aliphatic hydroxyl groups excluding tert-OH is 1. The van der Waals surface area contributed by atoms with Gasteiger partial charge in [-0.15, -0.1) is 0 Å². The number of carbonyl (C=O) groups excluding carboxylic acids is 14. The molecule has 133 heavy (non-hydrogen) atoms. The van der Waals surface area contributed by atoms with E-state index in [-0.39, 0.29) is 115 Å². The first-order valence-electron chi connectivity index (χ1n) is 44.3. The van der Waals surface area contributed by atoms with Crippen LogP contribution in [0, 0.1) is 22.1 Å². The van der Waals surface area contributed by atoms with Gasteiger partial charge in [0, 0.05) is 117 Å². The van der Waals surface area contributed by atoms with E-state index >= 15 is 62.3 Å². The standard InChI is InChI=1S/C89H121N27O15S2/c1-6-48(2)71-83(128)112-67-45-132-133-46-68(111-75(120)61(30-18-34-98-88(92)93)105-77(122)63(39-53-42-100-58-27-15-13-25-56(53)58)107-74(119)60(29-17-33-97-87(90)91)104-76(121)62(37-51-21-9-7-10-22-51)106-73(118)49(3)103-79(67)124)80(125)114-72(50(4)117)84(129)108-64(41-55-44-96-47-102-55)78(123)109-65(38-52-23-11-8-12-24-52)85(130)115(5)69(31-19-35-99-89(94)95)81(126)110-66(40-54-43-101-59-28-16-14-26-57(54)59)86(131)116-36-20-32-70(116)82(127)113-71/h7-16,21-28,42-44,47-50,60-72,100-101,117H,6,17-20,29-41,45-46H2,1-5H3,(H,96,102)(H,103,124)(H,104,121)(H,105,122)(H,106,118)(H,107,119)(H,108,129)(H,109,123)(H,110,126)(H,111,120)(H,112,128)(H,113,127)(H,114,125)(H4,90,91,97)(H4,92,93,98)(H4,94,95,99)/t48-,49-,50+,60-,61-,62+,63-,64-,65+,66-,67-,68-,69-,70-,71-,72-/m0/s1. The van der Waals surface area contributed by atoms with Gasteiger partial charge in [-0.25, -0.2) is 4.98 Å². The molecule has 2 bridgehead atoms. The summed E-state index contributed by atoms with van der Waals surface area (Å²) in [7, 11) is 3.01. The molecule has 16 atom stereocenters. The van der Waals surface area contributed by atoms with E-state index in [0.29, 0.717) is 44.1 Å². The summed E-state index contributed by atoms with van der Waals surface area (Å²) in [5.74, 6) is -16.3. The number of nitrogens with two attached hydrogens (primary N) is 3. The van der Waals surface area contributed by atoms with Crippen molar-refractivity contribution in [1.82, 2.24) is 109 Å². The molecule has 0 aliphatic carbocycles. The van der Waals surface area contributed by atoms with Gasteiger partial charge < -0.3 is 127 Å². The maximum atomic E-state index is 15.8. The number of fused-ring (bicyclic) bond motifs is 8. The SMILES string of the molecule is CC[C@H](C)[C@@H]1NC(=O)[C@@H]2CCCN2C(=O)[C@H](Cc2c[nH]c3ccccc23)NC(=O)[C@H](CCCNC(=N)N)N(C)C(=O)[C@@H](Cc2ccccc2)NC(=O)[C@H](Cc2c[nH]cn2)NC(=O)[C@H]([C@@H](C)O)NC(=O)[C@@H]2CSSC[C@H](NC1=O)C(=O)N[C@@H](C)C(=O)N[C@H](Cc1ccccc1)C(=O)N[C@@H](CCCNC(=N)N)C(=O)N[C@@H](Cc1c[nH]c3ccccc13)C(=O)N[C@@H](CCCNC(=N)N)C(=O)N2. The van der Waals surface area contributed by atoms with Gasteiger partial charge in [0.15, 0.2) is 17.9 Å². The van der Waals surface area contributed by atoms with Crippen molar-refractivity contribution in [1.29, 1.82) is 16.2 Å². The molecule has 0 saturated carbocycles. The van der Waals surface area contributed by atoms with Crippen LogP contribution in [0.15, 0.2) is 134 Å². The quantitative estimate of drug-likeness (QED) is 0.0129. The number of hydrogen-bond donors (Lipinski definition) is 25. The summed E-state index contributed by atoms with van der Waals surface area (Å²) >= 11 is 0. The van der Waals surface area contributed by atoms with Gasteiger partial charge in [0.2, 0.25) is 82.7 Å². The zero-order chi connectivity index (χ0) is 96.0. The Hall–Kier alpha value is -13.8. The van der Waals surface area contributed by atoms with Gasteiger partial charge >= 0.3 is 0 Å². The maximum absolute atomic E-state index is 15.8. The molecule has 28 N–H and O–H groups in total. The zero-order valence-electron chi connectivity index (χ0n) is 74.6. The number of likely N-dealkylation sites (N-methyl/N-ethyl adjacent to an activating group) is 1. The number of para-hydroxylation sites is 2. The molecule has 3 saturated heterocycles. The van der Waals surface area contributed by atoms with Gasteiger partial charge in [-0.2, -0.15) is 0 Å². The molecule has 0 spiro atoms. The summed E-state index contributed by atoms with van der Waals surface area (Å²) in [6.07, 6.45) is 2.97. The molecule has 714 valence electrons. The molecule has 3 aliphatic rings. The van der Waals surface area contributed by atoms with Crippen LogP contribution in [-0.4, -0.2) is 271 Å². The minimum absolute atomic E-state index is 0.0119. The zero-order valence-corrected chi connectivity index (χ0v) is 76.3. The average Bonchev–Trinajstić information content (AvgIpc) is 1.43. The van der Waals surface area contributed by atoms with Gasteiger partial charge in [-0.1, -0.05) is 139 Å². The van der Waals surface area contributed by atoms with Gasteiger partial charge in [0.25, 0.3) is 0 Å². The molecule has 42 nitrogen and oxygen atoms in total. The summed E-state index contributed by atoms with van der Waals surface area (Å²) in [6, 6.07) is 8.90. The number of aromatic amines is 3. The fourth-order valence-electron chi connectivity index (χ4n) is 15.9. The van der Waals surface area contributed by atoms with E-state index in [1.54, 1.807) is 123 Å². The second-order valence-corrected chi connectivity index (χ2v) is 35.9. The van der Waals surface area contributed by atoms with Crippen molar-refractivity contribution in [3.8, 4) is 0 Å². The Morgan fingerprint density at radius 1 is 0.466 bits per heavy atom. The fourth-order valence-corrected chi connectivity index (χ4v) is 18.3. The summed E-state index contributed by atoms with van der Waals surface area (Å²) in [6.45, 7) is 5.83. The Morgan fingerprint density at radius 2 is 0.887 bits per heavy atom. The molecular formula is C89H121N27O15S2. The highest BCUT2D eigenvalue weighted by Gasteiger charge is 2.44. The van der Waals surface area contributed by atoms with Crippen LogP contribution in [0.4, 0.5) is 0 Å². The summed E-state index contributed by atoms with van der Waals surface area (Å²) < 4.78 is 0. The van der Waals surface area contributed by atoms with Crippen molar-refractivity contribution in [2.45, 2.75) is 208 Å². The lowest BCUT2D eigenvalue weighted by Crippen LogP contribution is -2.63. The molecule has 3 aromatic heterocycles. The highest BCUT2D eigenvalue weighted by atomic mass is 33.1. The van der Waals surface area contributed by atoms with E-state index in [0.717, 1.165) is 33.4 Å². The third kappa shape index (κ3) is 29.4. The van der Waals surface area contributed by atoms with Crippen LogP contribution in [-0.2, 0) is 99.2 Å². The van der Waals surface area contributed by atoms with Gasteiger partial charge in [0.1, 0.15) is 84.6 Å². The van der Waals surface area contributed by atoms with Gasteiger partial charge in [-0.05, 0) is 106 Å². The molecule has 3 fully saturated rings. The number of aliphatic hydroxyl groups is 1. The van der Waals surface area contributed by atoms with Crippen molar-refractivity contribution in [3.63, 3.8) is 0 Å². The lowest BCUT2D eigenvalue weighted by atomic mass is 9.97. The monoisotopic (exact) mass is 1870 g/mol. The first-order chi connectivity index (χ1) is 63.7. The summed E-state index contributed by atoms with van der Waals surface area (Å²) in [5, 5.41) is 77.9. The number of H-pyrrole nitrogens is 3. The molecule has 44 heteroatoms. The number of nitrogens with one attached hydrogen (secondary N) is 21. The van der Waals surface area contributed by atoms with Crippen LogP contribution in [0.1, 0.15) is 113 Å². The van der Waals surface area contributed by atoms with E-state index in [9.17, 15) is 9.90 Å². The molecule has 7 aromatic rings. The predicted octanol–water partition coefficient (Wildman–Crippen LogP) is -1.83. The molecule has 0 unspecified atom stereocenters. The molecule has 6 heterocycles. The first kappa shape index (κ1) is 101. The van der Waals surface area contributed by atoms with Crippen LogP contribution in [0.5, 0.6) is 0 Å². The number of nitrogens with zero attached hydrogens (tertiary/aromatic N) is 3. The van der Waals surface area contributed by atoms with Crippen molar-refractivity contribution in [3.05, 3.63) is 162 Å². The number of guanidine groups is 3. The molecule has 0 radical (unpaired) electrons.